The third kappa shape index (κ3) is 4.44. The second kappa shape index (κ2) is 7.42. The Bertz CT molecular complexity index is 567. The van der Waals surface area contributed by atoms with Crippen molar-refractivity contribution >= 4 is 21.7 Å². The summed E-state index contributed by atoms with van der Waals surface area (Å²) < 4.78 is 29.8. The van der Waals surface area contributed by atoms with Crippen molar-refractivity contribution in [1.82, 2.24) is 4.31 Å². The van der Waals surface area contributed by atoms with Crippen molar-refractivity contribution in [1.29, 1.82) is 0 Å². The first-order chi connectivity index (χ1) is 9.82. The number of carbonyl (C=O) groups excluding carboxylic acids is 1. The predicted octanol–water partition coefficient (Wildman–Crippen LogP) is 1.33. The number of rotatable bonds is 7. The van der Waals surface area contributed by atoms with Crippen LogP contribution >= 0.6 is 0 Å². The summed E-state index contributed by atoms with van der Waals surface area (Å²) in [5.74, 6) is -0.326. The molecule has 0 radical (unpaired) electrons. The summed E-state index contributed by atoms with van der Waals surface area (Å²) in [7, 11) is 0.890. The monoisotopic (exact) mass is 314 g/mol. The zero-order chi connectivity index (χ0) is 16.0. The van der Waals surface area contributed by atoms with E-state index in [0.29, 0.717) is 6.54 Å². The van der Waals surface area contributed by atoms with Crippen LogP contribution in [-0.2, 0) is 19.6 Å². The molecule has 0 saturated carbocycles. The van der Waals surface area contributed by atoms with Gasteiger partial charge in [-0.05, 0) is 30.7 Å². The lowest BCUT2D eigenvalue weighted by atomic mass is 10.2. The number of methoxy groups -OCH3 is 1. The van der Waals surface area contributed by atoms with Crippen LogP contribution < -0.4 is 4.90 Å². The van der Waals surface area contributed by atoms with Crippen LogP contribution in [0.25, 0.3) is 0 Å². The Balaban J connectivity index is 3.00. The fourth-order valence-corrected chi connectivity index (χ4v) is 2.73. The number of nitrogens with zero attached hydrogens (tertiary/aromatic N) is 2. The Kier molecular flexibility index (Phi) is 6.17. The van der Waals surface area contributed by atoms with Gasteiger partial charge in [-0.15, -0.1) is 0 Å². The molecule has 0 N–H and O–H groups in total. The molecule has 0 heterocycles. The fraction of sp³-hybridized carbons (Fsp3) is 0.500. The van der Waals surface area contributed by atoms with E-state index >= 15 is 0 Å². The van der Waals surface area contributed by atoms with Crippen molar-refractivity contribution in [2.24, 2.45) is 0 Å². The number of anilines is 1. The predicted molar refractivity (Wildman–Crippen MR) is 81.8 cm³/mol. The molecule has 0 unspecified atom stereocenters. The van der Waals surface area contributed by atoms with Crippen LogP contribution in [0.5, 0.6) is 0 Å². The molecule has 0 amide bonds. The highest BCUT2D eigenvalue weighted by Gasteiger charge is 2.18. The van der Waals surface area contributed by atoms with Crippen LogP contribution in [0.3, 0.4) is 0 Å². The highest BCUT2D eigenvalue weighted by Crippen LogP contribution is 2.20. The lowest BCUT2D eigenvalue weighted by molar-refractivity contribution is -0.138. The molecule has 0 spiro atoms. The first-order valence-electron chi connectivity index (χ1n) is 6.67. The standard InChI is InChI=1S/C14H22N2O4S/c1-5-10-16(11-14(17)20-4)12-6-8-13(9-7-12)21(18,19)15(2)3/h6-9H,5,10-11H2,1-4H3. The van der Waals surface area contributed by atoms with Gasteiger partial charge < -0.3 is 9.64 Å². The van der Waals surface area contributed by atoms with E-state index in [1.807, 2.05) is 11.8 Å². The maximum absolute atomic E-state index is 12.0. The van der Waals surface area contributed by atoms with E-state index in [0.717, 1.165) is 12.1 Å². The quantitative estimate of drug-likeness (QED) is 0.710. The smallest absolute Gasteiger partial charge is 0.325 e. The maximum Gasteiger partial charge on any atom is 0.325 e. The Morgan fingerprint density at radius 3 is 2.19 bits per heavy atom. The largest absolute Gasteiger partial charge is 0.468 e. The van der Waals surface area contributed by atoms with Gasteiger partial charge in [-0.3, -0.25) is 4.79 Å². The van der Waals surface area contributed by atoms with E-state index in [1.54, 1.807) is 24.3 Å². The number of hydrogen-bond donors (Lipinski definition) is 0. The van der Waals surface area contributed by atoms with Crippen LogP contribution in [0, 0.1) is 0 Å². The highest BCUT2D eigenvalue weighted by molar-refractivity contribution is 7.89. The average molecular weight is 314 g/mol. The number of carbonyl (C=O) groups is 1. The number of ether oxygens (including phenoxy) is 1. The van der Waals surface area contributed by atoms with E-state index in [1.165, 1.54) is 25.5 Å². The third-order valence-electron chi connectivity index (χ3n) is 3.02. The molecule has 0 atom stereocenters. The van der Waals surface area contributed by atoms with Crippen LogP contribution in [0.1, 0.15) is 13.3 Å². The summed E-state index contributed by atoms with van der Waals surface area (Å²) in [6, 6.07) is 6.50. The van der Waals surface area contributed by atoms with E-state index in [2.05, 4.69) is 4.74 Å². The summed E-state index contributed by atoms with van der Waals surface area (Å²) >= 11 is 0. The second-order valence-corrected chi connectivity index (χ2v) is 6.93. The van der Waals surface area contributed by atoms with Crippen molar-refractivity contribution in [3.05, 3.63) is 24.3 Å². The molecule has 0 aliphatic rings. The molecule has 1 rings (SSSR count). The number of sulfonamides is 1. The molecule has 0 aliphatic heterocycles. The second-order valence-electron chi connectivity index (χ2n) is 4.78. The van der Waals surface area contributed by atoms with Crippen molar-refractivity contribution in [2.45, 2.75) is 18.2 Å². The van der Waals surface area contributed by atoms with Crippen molar-refractivity contribution in [3.8, 4) is 0 Å². The minimum Gasteiger partial charge on any atom is -0.468 e. The zero-order valence-electron chi connectivity index (χ0n) is 12.9. The Morgan fingerprint density at radius 1 is 1.19 bits per heavy atom. The van der Waals surface area contributed by atoms with E-state index in [9.17, 15) is 13.2 Å². The van der Waals surface area contributed by atoms with Gasteiger partial charge in [0.15, 0.2) is 0 Å². The summed E-state index contributed by atoms with van der Waals surface area (Å²) in [6.45, 7) is 2.84. The Labute approximate surface area is 126 Å². The first kappa shape index (κ1) is 17.5. The van der Waals surface area contributed by atoms with E-state index in [-0.39, 0.29) is 17.4 Å². The fourth-order valence-electron chi connectivity index (χ4n) is 1.83. The summed E-state index contributed by atoms with van der Waals surface area (Å²) in [6.07, 6.45) is 0.870. The SMILES string of the molecule is CCCN(CC(=O)OC)c1ccc(S(=O)(=O)N(C)C)cc1. The van der Waals surface area contributed by atoms with Crippen LogP contribution in [-0.4, -0.2) is 53.0 Å². The molecule has 1 aromatic carbocycles. The van der Waals surface area contributed by atoms with E-state index < -0.39 is 10.0 Å². The Hall–Kier alpha value is -1.60. The molecule has 118 valence electrons. The van der Waals surface area contributed by atoms with Crippen molar-refractivity contribution in [3.63, 3.8) is 0 Å². The van der Waals surface area contributed by atoms with Gasteiger partial charge in [0.2, 0.25) is 10.0 Å². The van der Waals surface area contributed by atoms with Crippen molar-refractivity contribution < 1.29 is 17.9 Å². The molecular weight excluding hydrogens is 292 g/mol. The van der Waals surface area contributed by atoms with Crippen molar-refractivity contribution in [2.75, 3.05) is 39.2 Å². The lowest BCUT2D eigenvalue weighted by Crippen LogP contribution is -2.31. The molecule has 0 aromatic heterocycles. The van der Waals surface area contributed by atoms with Crippen LogP contribution in [0.15, 0.2) is 29.2 Å². The molecule has 0 fully saturated rings. The van der Waals surface area contributed by atoms with Gasteiger partial charge in [0.05, 0.1) is 12.0 Å². The van der Waals surface area contributed by atoms with Crippen LogP contribution in [0.2, 0.25) is 0 Å². The average Bonchev–Trinajstić information content (AvgIpc) is 2.46. The topological polar surface area (TPSA) is 66.9 Å². The van der Waals surface area contributed by atoms with Crippen LogP contribution in [0.4, 0.5) is 5.69 Å². The number of hydrogen-bond acceptors (Lipinski definition) is 5. The van der Waals surface area contributed by atoms with Gasteiger partial charge in [-0.25, -0.2) is 12.7 Å². The minimum atomic E-state index is -3.44. The Morgan fingerprint density at radius 2 is 1.76 bits per heavy atom. The molecule has 1 aromatic rings. The van der Waals surface area contributed by atoms with Gasteiger partial charge in [-0.1, -0.05) is 6.92 Å². The molecule has 21 heavy (non-hydrogen) atoms. The molecule has 0 bridgehead atoms. The van der Waals surface area contributed by atoms with E-state index in [4.69, 9.17) is 0 Å². The molecular formula is C14H22N2O4S. The zero-order valence-corrected chi connectivity index (χ0v) is 13.7. The molecule has 7 heteroatoms. The number of benzene rings is 1. The highest BCUT2D eigenvalue weighted by atomic mass is 32.2. The summed E-state index contributed by atoms with van der Waals surface area (Å²) in [5, 5.41) is 0. The normalized spacial score (nSPS) is 11.5. The van der Waals surface area contributed by atoms with Gasteiger partial charge in [-0.2, -0.15) is 0 Å². The summed E-state index contributed by atoms with van der Waals surface area (Å²) in [4.78, 5) is 13.5. The minimum absolute atomic E-state index is 0.143. The number of esters is 1. The van der Waals surface area contributed by atoms with Gasteiger partial charge >= 0.3 is 5.97 Å². The maximum atomic E-state index is 12.0. The first-order valence-corrected chi connectivity index (χ1v) is 8.11. The lowest BCUT2D eigenvalue weighted by Gasteiger charge is -2.23. The molecule has 0 aliphatic carbocycles. The van der Waals surface area contributed by atoms with Gasteiger partial charge in [0.25, 0.3) is 0 Å². The molecule has 0 saturated heterocycles. The molecule has 6 nitrogen and oxygen atoms in total. The van der Waals surface area contributed by atoms with Gasteiger partial charge in [0, 0.05) is 26.3 Å². The summed E-state index contributed by atoms with van der Waals surface area (Å²) in [5.41, 5.74) is 0.792. The third-order valence-corrected chi connectivity index (χ3v) is 4.85. The van der Waals surface area contributed by atoms with Gasteiger partial charge in [0.1, 0.15) is 6.54 Å².